The van der Waals surface area contributed by atoms with E-state index in [0.717, 1.165) is 0 Å². The second-order valence-corrected chi connectivity index (χ2v) is 3.95. The molecule has 0 heterocycles. The van der Waals surface area contributed by atoms with E-state index in [2.05, 4.69) is 0 Å². The van der Waals surface area contributed by atoms with Gasteiger partial charge < -0.3 is 10.2 Å². The van der Waals surface area contributed by atoms with Crippen LogP contribution >= 0.6 is 0 Å². The van der Waals surface area contributed by atoms with Gasteiger partial charge in [0.1, 0.15) is 11.2 Å². The Morgan fingerprint density at radius 2 is 1.47 bits per heavy atom. The van der Waals surface area contributed by atoms with Crippen LogP contribution in [0.3, 0.4) is 0 Å². The lowest BCUT2D eigenvalue weighted by atomic mass is 9.85. The fourth-order valence-electron chi connectivity index (χ4n) is 0.994. The summed E-state index contributed by atoms with van der Waals surface area (Å²) >= 11 is 0. The third kappa shape index (κ3) is 4.58. The van der Waals surface area contributed by atoms with E-state index in [9.17, 15) is 14.4 Å². The maximum Gasteiger partial charge on any atom is 0.316 e. The third-order valence-corrected chi connectivity index (χ3v) is 2.28. The van der Waals surface area contributed by atoms with Crippen LogP contribution in [0.1, 0.15) is 39.5 Å². The van der Waals surface area contributed by atoms with E-state index in [1.165, 1.54) is 13.8 Å². The van der Waals surface area contributed by atoms with Gasteiger partial charge in [0.15, 0.2) is 0 Å². The summed E-state index contributed by atoms with van der Waals surface area (Å²) in [6, 6.07) is 0. The Kier molecular flexibility index (Phi) is 4.97. The minimum atomic E-state index is -1.37. The Bertz CT molecular complexity index is 267. The number of rotatable bonds is 7. The molecular formula is C10H16O5. The normalized spacial score (nSPS) is 11.1. The first-order valence-electron chi connectivity index (χ1n) is 4.77. The van der Waals surface area contributed by atoms with Crippen molar-refractivity contribution in [2.75, 3.05) is 0 Å². The summed E-state index contributed by atoms with van der Waals surface area (Å²) in [4.78, 5) is 32.3. The molecule has 5 nitrogen and oxygen atoms in total. The van der Waals surface area contributed by atoms with Crippen LogP contribution in [-0.2, 0) is 14.4 Å². The number of hydrogen-bond acceptors (Lipinski definition) is 3. The first-order chi connectivity index (χ1) is 6.78. The van der Waals surface area contributed by atoms with Gasteiger partial charge in [-0.05, 0) is 26.7 Å². The monoisotopic (exact) mass is 216 g/mol. The lowest BCUT2D eigenvalue weighted by molar-refractivity contribution is -0.152. The first kappa shape index (κ1) is 13.6. The van der Waals surface area contributed by atoms with Crippen molar-refractivity contribution in [3.05, 3.63) is 0 Å². The van der Waals surface area contributed by atoms with Crippen molar-refractivity contribution >= 4 is 17.7 Å². The highest BCUT2D eigenvalue weighted by molar-refractivity contribution is 6.02. The summed E-state index contributed by atoms with van der Waals surface area (Å²) in [5.74, 6) is -2.41. The highest BCUT2D eigenvalue weighted by atomic mass is 16.4. The molecule has 5 heteroatoms. The van der Waals surface area contributed by atoms with Crippen LogP contribution in [0.25, 0.3) is 0 Å². The zero-order valence-electron chi connectivity index (χ0n) is 8.95. The van der Waals surface area contributed by atoms with Crippen LogP contribution in [0.5, 0.6) is 0 Å². The van der Waals surface area contributed by atoms with Gasteiger partial charge in [0.2, 0.25) is 0 Å². The summed E-state index contributed by atoms with van der Waals surface area (Å²) in [6.07, 6.45) is 0.950. The van der Waals surface area contributed by atoms with Crippen molar-refractivity contribution in [3.8, 4) is 0 Å². The molecule has 2 N–H and O–H groups in total. The van der Waals surface area contributed by atoms with Gasteiger partial charge in [-0.2, -0.15) is 0 Å². The van der Waals surface area contributed by atoms with Crippen LogP contribution in [-0.4, -0.2) is 27.9 Å². The smallest absolute Gasteiger partial charge is 0.316 e. The van der Waals surface area contributed by atoms with Crippen LogP contribution in [0.2, 0.25) is 0 Å². The van der Waals surface area contributed by atoms with E-state index in [1.807, 2.05) is 0 Å². The molecule has 86 valence electrons. The molecular weight excluding hydrogens is 200 g/mol. The number of Topliss-reactive ketones (excluding diaryl/α,β-unsaturated/α-hetero) is 1. The van der Waals surface area contributed by atoms with Crippen LogP contribution in [0.15, 0.2) is 0 Å². The topological polar surface area (TPSA) is 91.7 Å². The minimum absolute atomic E-state index is 0.0147. The summed E-state index contributed by atoms with van der Waals surface area (Å²) in [7, 11) is 0. The number of carboxylic acid groups (broad SMARTS) is 2. The van der Waals surface area contributed by atoms with Crippen LogP contribution < -0.4 is 0 Å². The molecule has 0 bridgehead atoms. The predicted octanol–water partition coefficient (Wildman–Crippen LogP) is 1.31. The Morgan fingerprint density at radius 3 is 1.87 bits per heavy atom. The molecule has 0 aromatic heterocycles. The molecule has 0 fully saturated rings. The Balaban J connectivity index is 3.94. The summed E-state index contributed by atoms with van der Waals surface area (Å²) in [5.41, 5.74) is -1.37. The molecule has 0 rings (SSSR count). The van der Waals surface area contributed by atoms with Crippen molar-refractivity contribution < 1.29 is 24.6 Å². The van der Waals surface area contributed by atoms with Crippen molar-refractivity contribution in [1.29, 1.82) is 0 Å². The van der Waals surface area contributed by atoms with E-state index in [4.69, 9.17) is 10.2 Å². The zero-order valence-corrected chi connectivity index (χ0v) is 8.95. The van der Waals surface area contributed by atoms with E-state index < -0.39 is 17.4 Å². The van der Waals surface area contributed by atoms with Gasteiger partial charge in [0, 0.05) is 12.8 Å². The molecule has 0 amide bonds. The number of carbonyl (C=O) groups excluding carboxylic acids is 1. The highest BCUT2D eigenvalue weighted by Crippen LogP contribution is 2.20. The SMILES string of the molecule is CC(C)(C(=O)O)C(=O)CCCCC(=O)O. The van der Waals surface area contributed by atoms with Gasteiger partial charge >= 0.3 is 11.9 Å². The third-order valence-electron chi connectivity index (χ3n) is 2.28. The standard InChI is InChI=1S/C10H16O5/c1-10(2,9(14)15)7(11)5-3-4-6-8(12)13/h3-6H2,1-2H3,(H,12,13)(H,14,15). The van der Waals surface area contributed by atoms with Gasteiger partial charge in [-0.3, -0.25) is 14.4 Å². The van der Waals surface area contributed by atoms with Gasteiger partial charge in [-0.1, -0.05) is 0 Å². The number of ketones is 1. The molecule has 0 aliphatic rings. The van der Waals surface area contributed by atoms with Crippen molar-refractivity contribution in [2.24, 2.45) is 5.41 Å². The molecule has 0 aromatic carbocycles. The van der Waals surface area contributed by atoms with Gasteiger partial charge in [-0.15, -0.1) is 0 Å². The largest absolute Gasteiger partial charge is 0.481 e. The number of hydrogen-bond donors (Lipinski definition) is 2. The molecule has 0 unspecified atom stereocenters. The van der Waals surface area contributed by atoms with Crippen LogP contribution in [0.4, 0.5) is 0 Å². The minimum Gasteiger partial charge on any atom is -0.481 e. The zero-order chi connectivity index (χ0) is 12.1. The summed E-state index contributed by atoms with van der Waals surface area (Å²) in [5, 5.41) is 17.1. The number of aliphatic carboxylic acids is 2. The maximum absolute atomic E-state index is 11.4. The molecule has 15 heavy (non-hydrogen) atoms. The number of unbranched alkanes of at least 4 members (excludes halogenated alkanes) is 1. The molecule has 0 aliphatic carbocycles. The summed E-state index contributed by atoms with van der Waals surface area (Å²) < 4.78 is 0. The highest BCUT2D eigenvalue weighted by Gasteiger charge is 2.34. The van der Waals surface area contributed by atoms with Crippen molar-refractivity contribution in [3.63, 3.8) is 0 Å². The molecule has 0 radical (unpaired) electrons. The number of carbonyl (C=O) groups is 3. The fraction of sp³-hybridized carbons (Fsp3) is 0.700. The van der Waals surface area contributed by atoms with Gasteiger partial charge in [-0.25, -0.2) is 0 Å². The lowest BCUT2D eigenvalue weighted by Crippen LogP contribution is -2.33. The Labute approximate surface area is 88.1 Å². The van der Waals surface area contributed by atoms with Crippen LogP contribution in [0, 0.1) is 5.41 Å². The molecule has 0 atom stereocenters. The molecule has 0 saturated carbocycles. The summed E-state index contributed by atoms with van der Waals surface area (Å²) in [6.45, 7) is 2.71. The molecule has 0 aliphatic heterocycles. The lowest BCUT2D eigenvalue weighted by Gasteiger charge is -2.16. The average molecular weight is 216 g/mol. The van der Waals surface area contributed by atoms with Crippen molar-refractivity contribution in [1.82, 2.24) is 0 Å². The van der Waals surface area contributed by atoms with E-state index in [0.29, 0.717) is 12.8 Å². The second-order valence-electron chi connectivity index (χ2n) is 3.95. The fourth-order valence-corrected chi connectivity index (χ4v) is 0.994. The quantitative estimate of drug-likeness (QED) is 0.494. The Hall–Kier alpha value is -1.39. The maximum atomic E-state index is 11.4. The van der Waals surface area contributed by atoms with E-state index in [-0.39, 0.29) is 18.6 Å². The Morgan fingerprint density at radius 1 is 1.00 bits per heavy atom. The van der Waals surface area contributed by atoms with Gasteiger partial charge in [0.05, 0.1) is 0 Å². The predicted molar refractivity (Wildman–Crippen MR) is 52.5 cm³/mol. The molecule has 0 spiro atoms. The molecule has 0 aromatic rings. The van der Waals surface area contributed by atoms with Gasteiger partial charge in [0.25, 0.3) is 0 Å². The van der Waals surface area contributed by atoms with Crippen molar-refractivity contribution in [2.45, 2.75) is 39.5 Å². The number of carboxylic acids is 2. The first-order valence-corrected chi connectivity index (χ1v) is 4.77. The van der Waals surface area contributed by atoms with E-state index >= 15 is 0 Å². The average Bonchev–Trinajstić information content (AvgIpc) is 2.11. The second kappa shape index (κ2) is 5.48. The molecule has 0 saturated heterocycles. The van der Waals surface area contributed by atoms with E-state index in [1.54, 1.807) is 0 Å².